The lowest BCUT2D eigenvalue weighted by Gasteiger charge is -2.47. The average Bonchev–Trinajstić information content (AvgIpc) is 2.66. The number of aromatic nitrogens is 1. The van der Waals surface area contributed by atoms with Gasteiger partial charge in [-0.3, -0.25) is 0 Å². The lowest BCUT2D eigenvalue weighted by Crippen LogP contribution is -2.56. The zero-order chi connectivity index (χ0) is 19.1. The highest BCUT2D eigenvalue weighted by Gasteiger charge is 2.36. The van der Waals surface area contributed by atoms with E-state index in [9.17, 15) is 0 Å². The van der Waals surface area contributed by atoms with Crippen molar-refractivity contribution in [3.8, 4) is 5.88 Å². The van der Waals surface area contributed by atoms with E-state index in [0.29, 0.717) is 25.1 Å². The van der Waals surface area contributed by atoms with Crippen LogP contribution in [0.15, 0.2) is 23.3 Å². The first kappa shape index (κ1) is 23.2. The molecule has 3 rings (SSSR count). The third-order valence-electron chi connectivity index (χ3n) is 5.70. The lowest BCUT2D eigenvalue weighted by atomic mass is 9.82. The number of hydrogen-bond donors (Lipinski definition) is 2. The molecule has 0 aromatic carbocycles. The highest BCUT2D eigenvalue weighted by molar-refractivity contribution is 14.0. The van der Waals surface area contributed by atoms with Gasteiger partial charge in [0.25, 0.3) is 0 Å². The van der Waals surface area contributed by atoms with Crippen molar-refractivity contribution >= 4 is 29.9 Å². The molecule has 6 nitrogen and oxygen atoms in total. The van der Waals surface area contributed by atoms with Crippen LogP contribution in [0.5, 0.6) is 5.88 Å². The summed E-state index contributed by atoms with van der Waals surface area (Å²) >= 11 is 0. The van der Waals surface area contributed by atoms with Crippen molar-refractivity contribution in [3.63, 3.8) is 0 Å². The molecule has 3 heterocycles. The number of nitrogens with one attached hydrogen (secondary N) is 2. The molecule has 0 aliphatic carbocycles. The summed E-state index contributed by atoms with van der Waals surface area (Å²) in [4.78, 5) is 11.7. The molecule has 1 aromatic rings. The van der Waals surface area contributed by atoms with E-state index < -0.39 is 0 Å². The van der Waals surface area contributed by atoms with Crippen molar-refractivity contribution in [3.05, 3.63) is 23.9 Å². The van der Waals surface area contributed by atoms with Crippen molar-refractivity contribution in [1.29, 1.82) is 0 Å². The van der Waals surface area contributed by atoms with Gasteiger partial charge in [0.05, 0.1) is 13.2 Å². The Balaban J connectivity index is 0.00000280. The van der Waals surface area contributed by atoms with Crippen molar-refractivity contribution in [2.45, 2.75) is 77.0 Å². The molecule has 2 saturated heterocycles. The molecule has 2 atom stereocenters. The van der Waals surface area contributed by atoms with E-state index in [0.717, 1.165) is 36.6 Å². The zero-order valence-electron chi connectivity index (χ0n) is 17.5. The summed E-state index contributed by atoms with van der Waals surface area (Å²) < 4.78 is 5.54. The van der Waals surface area contributed by atoms with Crippen LogP contribution < -0.4 is 15.4 Å². The van der Waals surface area contributed by atoms with Gasteiger partial charge in [-0.05, 0) is 51.6 Å². The molecular weight excluding hydrogens is 465 g/mol. The third-order valence-corrected chi connectivity index (χ3v) is 5.70. The molecule has 0 amide bonds. The van der Waals surface area contributed by atoms with Gasteiger partial charge in [0.15, 0.2) is 5.96 Å². The summed E-state index contributed by atoms with van der Waals surface area (Å²) in [5, 5.41) is 7.08. The van der Waals surface area contributed by atoms with Crippen LogP contribution >= 0.6 is 24.0 Å². The predicted molar refractivity (Wildman–Crippen MR) is 126 cm³/mol. The van der Waals surface area contributed by atoms with Crippen LogP contribution in [-0.2, 0) is 6.54 Å². The van der Waals surface area contributed by atoms with Crippen LogP contribution in [0.25, 0.3) is 0 Å². The number of fused-ring (bicyclic) bond motifs is 2. The fourth-order valence-electron chi connectivity index (χ4n) is 4.21. The highest BCUT2D eigenvalue weighted by Crippen LogP contribution is 2.32. The molecule has 7 heteroatoms. The summed E-state index contributed by atoms with van der Waals surface area (Å²) in [7, 11) is 2.30. The Bertz CT molecular complexity index is 595. The van der Waals surface area contributed by atoms with Gasteiger partial charge >= 0.3 is 0 Å². The van der Waals surface area contributed by atoms with Crippen molar-refractivity contribution in [2.24, 2.45) is 4.99 Å². The molecule has 2 unspecified atom stereocenters. The average molecular weight is 501 g/mol. The largest absolute Gasteiger partial charge is 0.478 e. The summed E-state index contributed by atoms with van der Waals surface area (Å²) in [5.74, 6) is 1.60. The molecule has 0 radical (unpaired) electrons. The van der Waals surface area contributed by atoms with E-state index in [4.69, 9.17) is 9.73 Å². The molecule has 2 aliphatic rings. The van der Waals surface area contributed by atoms with Crippen molar-refractivity contribution < 1.29 is 4.74 Å². The maximum Gasteiger partial charge on any atom is 0.213 e. The molecule has 1 aromatic heterocycles. The predicted octanol–water partition coefficient (Wildman–Crippen LogP) is 3.56. The Hall–Kier alpha value is -1.09. The van der Waals surface area contributed by atoms with E-state index >= 15 is 0 Å². The first-order chi connectivity index (χ1) is 13.2. The van der Waals surface area contributed by atoms with E-state index in [1.54, 1.807) is 0 Å². The minimum atomic E-state index is 0. The molecule has 0 spiro atoms. The quantitative estimate of drug-likeness (QED) is 0.340. The van der Waals surface area contributed by atoms with Crippen molar-refractivity contribution in [2.75, 3.05) is 20.2 Å². The number of nitrogens with zero attached hydrogens (tertiary/aromatic N) is 3. The van der Waals surface area contributed by atoms with E-state index in [1.165, 1.54) is 32.1 Å². The summed E-state index contributed by atoms with van der Waals surface area (Å²) in [6.07, 6.45) is 9.31. The van der Waals surface area contributed by atoms with Gasteiger partial charge in [-0.15, -0.1) is 24.0 Å². The minimum absolute atomic E-state index is 0. The van der Waals surface area contributed by atoms with E-state index in [2.05, 4.69) is 41.4 Å². The number of guanidine groups is 1. The van der Waals surface area contributed by atoms with Crippen LogP contribution in [0, 0.1) is 0 Å². The van der Waals surface area contributed by atoms with Crippen LogP contribution in [-0.4, -0.2) is 54.2 Å². The number of piperidine rings is 2. The molecule has 2 fully saturated rings. The normalized spacial score (nSPS) is 25.0. The first-order valence-electron chi connectivity index (χ1n) is 10.5. The first-order valence-corrected chi connectivity index (χ1v) is 10.5. The van der Waals surface area contributed by atoms with Gasteiger partial charge in [-0.1, -0.05) is 19.4 Å². The van der Waals surface area contributed by atoms with E-state index in [1.807, 2.05) is 18.3 Å². The minimum Gasteiger partial charge on any atom is -0.478 e. The maximum atomic E-state index is 5.54. The van der Waals surface area contributed by atoms with Gasteiger partial charge in [-0.25, -0.2) is 9.98 Å². The maximum absolute atomic E-state index is 5.54. The van der Waals surface area contributed by atoms with Gasteiger partial charge in [-0.2, -0.15) is 0 Å². The molecule has 2 N–H and O–H groups in total. The smallest absolute Gasteiger partial charge is 0.213 e. The summed E-state index contributed by atoms with van der Waals surface area (Å²) in [6, 6.07) is 5.93. The van der Waals surface area contributed by atoms with Crippen LogP contribution in [0.2, 0.25) is 0 Å². The third kappa shape index (κ3) is 6.47. The fraction of sp³-hybridized carbons (Fsp3) is 0.714. The SMILES string of the molecule is CCCOc1ccc(CN=C(NCC)NC2CC3CCCC(C2)N3C)cn1.I. The molecular formula is C21H36IN5O. The number of halogens is 1. The zero-order valence-corrected chi connectivity index (χ0v) is 19.8. The second-order valence-corrected chi connectivity index (χ2v) is 7.76. The summed E-state index contributed by atoms with van der Waals surface area (Å²) in [6.45, 7) is 6.40. The Kier molecular flexibility index (Phi) is 9.77. The molecule has 0 saturated carbocycles. The molecule has 2 aliphatic heterocycles. The van der Waals surface area contributed by atoms with Crippen molar-refractivity contribution in [1.82, 2.24) is 20.5 Å². The van der Waals surface area contributed by atoms with Crippen LogP contribution in [0.4, 0.5) is 0 Å². The Morgan fingerprint density at radius 3 is 2.61 bits per heavy atom. The van der Waals surface area contributed by atoms with Crippen LogP contribution in [0.1, 0.15) is 57.9 Å². The number of pyridine rings is 1. The molecule has 158 valence electrons. The Morgan fingerprint density at radius 2 is 2.00 bits per heavy atom. The van der Waals surface area contributed by atoms with Gasteiger partial charge in [0.1, 0.15) is 0 Å². The number of hydrogen-bond acceptors (Lipinski definition) is 4. The number of rotatable bonds is 7. The monoisotopic (exact) mass is 501 g/mol. The summed E-state index contributed by atoms with van der Waals surface area (Å²) in [5.41, 5.74) is 1.09. The second-order valence-electron chi connectivity index (χ2n) is 7.76. The standard InChI is InChI=1S/C21H35N5O.HI/c1-4-11-27-20-10-9-16(14-23-20)15-24-21(22-5-2)25-17-12-18-7-6-8-19(13-17)26(18)3;/h9-10,14,17-19H,4-8,11-13,15H2,1-3H3,(H2,22,24,25);1H. The highest BCUT2D eigenvalue weighted by atomic mass is 127. The fourth-order valence-corrected chi connectivity index (χ4v) is 4.21. The van der Waals surface area contributed by atoms with Gasteiger partial charge < -0.3 is 20.3 Å². The second kappa shape index (κ2) is 11.8. The number of ether oxygens (including phenoxy) is 1. The Labute approximate surface area is 186 Å². The van der Waals surface area contributed by atoms with Crippen LogP contribution in [0.3, 0.4) is 0 Å². The Morgan fingerprint density at radius 1 is 1.25 bits per heavy atom. The molecule has 2 bridgehead atoms. The topological polar surface area (TPSA) is 61.8 Å². The van der Waals surface area contributed by atoms with Gasteiger partial charge in [0.2, 0.25) is 5.88 Å². The molecule has 28 heavy (non-hydrogen) atoms. The number of aliphatic imine (C=N–C) groups is 1. The lowest BCUT2D eigenvalue weighted by molar-refractivity contribution is 0.0526. The van der Waals surface area contributed by atoms with Gasteiger partial charge in [0, 0.05) is 36.9 Å². The van der Waals surface area contributed by atoms with E-state index in [-0.39, 0.29) is 24.0 Å².